The largest absolute Gasteiger partial charge is 0.347 e. The van der Waals surface area contributed by atoms with E-state index in [4.69, 9.17) is 0 Å². The molecule has 0 bridgehead atoms. The van der Waals surface area contributed by atoms with Crippen molar-refractivity contribution in [3.63, 3.8) is 0 Å². The quantitative estimate of drug-likeness (QED) is 0.357. The summed E-state index contributed by atoms with van der Waals surface area (Å²) in [7, 11) is 0. The first kappa shape index (κ1) is 19.3. The van der Waals surface area contributed by atoms with Crippen molar-refractivity contribution in [2.24, 2.45) is 0 Å². The van der Waals surface area contributed by atoms with Crippen molar-refractivity contribution in [2.45, 2.75) is 5.03 Å². The Bertz CT molecular complexity index is 1210. The Morgan fingerprint density at radius 2 is 1.30 bits per heavy atom. The Morgan fingerprint density at radius 1 is 0.767 bits per heavy atom. The number of nitrogens with zero attached hydrogens (tertiary/aromatic N) is 2. The minimum Gasteiger partial charge on any atom is -0.347 e. The molecule has 2 aromatic heterocycles. The monoisotopic (exact) mass is 417 g/mol. The number of benzene rings is 2. The molecule has 0 fully saturated rings. The Balaban J connectivity index is 1.61. The minimum atomic E-state index is -0.409. The van der Waals surface area contributed by atoms with Crippen LogP contribution >= 0.6 is 11.9 Å². The van der Waals surface area contributed by atoms with Crippen molar-refractivity contribution in [1.29, 1.82) is 10.5 Å². The third kappa shape index (κ3) is 3.64. The summed E-state index contributed by atoms with van der Waals surface area (Å²) >= 11 is 1.06. The third-order valence-corrected chi connectivity index (χ3v) is 5.26. The lowest BCUT2D eigenvalue weighted by atomic mass is 10.1. The van der Waals surface area contributed by atoms with Crippen LogP contribution in [0.1, 0.15) is 11.1 Å². The highest BCUT2D eigenvalue weighted by Crippen LogP contribution is 2.32. The number of aromatic nitrogens is 2. The summed E-state index contributed by atoms with van der Waals surface area (Å²) in [6.45, 7) is 0. The Hall–Kier alpha value is -4.01. The number of halogens is 2. The van der Waals surface area contributed by atoms with Crippen LogP contribution in [0.4, 0.5) is 14.6 Å². The van der Waals surface area contributed by atoms with Crippen LogP contribution in [-0.4, -0.2) is 9.97 Å². The fourth-order valence-corrected chi connectivity index (χ4v) is 3.71. The van der Waals surface area contributed by atoms with E-state index in [2.05, 4.69) is 26.8 Å². The van der Waals surface area contributed by atoms with Gasteiger partial charge in [-0.25, -0.2) is 8.78 Å². The summed E-state index contributed by atoms with van der Waals surface area (Å²) < 4.78 is 31.1. The van der Waals surface area contributed by atoms with Gasteiger partial charge in [0.2, 0.25) is 0 Å². The molecule has 0 aliphatic heterocycles. The van der Waals surface area contributed by atoms with E-state index in [9.17, 15) is 19.3 Å². The number of rotatable bonds is 5. The van der Waals surface area contributed by atoms with Gasteiger partial charge in [0.15, 0.2) is 0 Å². The van der Waals surface area contributed by atoms with Gasteiger partial charge in [-0.2, -0.15) is 10.5 Å². The average molecular weight is 417 g/mol. The van der Waals surface area contributed by atoms with Crippen molar-refractivity contribution in [3.05, 3.63) is 83.4 Å². The molecule has 2 heterocycles. The van der Waals surface area contributed by atoms with Crippen molar-refractivity contribution in [3.8, 4) is 34.7 Å². The predicted molar refractivity (Wildman–Crippen MR) is 111 cm³/mol. The van der Waals surface area contributed by atoms with Gasteiger partial charge in [0, 0.05) is 23.1 Å². The maximum absolute atomic E-state index is 14.1. The molecule has 5 nitrogen and oxygen atoms in total. The van der Waals surface area contributed by atoms with E-state index in [1.54, 1.807) is 48.5 Å². The minimum absolute atomic E-state index is 0.292. The second-order valence-corrected chi connectivity index (χ2v) is 7.10. The molecular weight excluding hydrogens is 404 g/mol. The zero-order valence-corrected chi connectivity index (χ0v) is 16.1. The molecule has 0 aliphatic rings. The molecule has 0 amide bonds. The molecule has 0 unspecified atom stereocenters. The van der Waals surface area contributed by atoms with E-state index in [1.165, 1.54) is 12.1 Å². The number of nitriles is 2. The maximum atomic E-state index is 14.1. The van der Waals surface area contributed by atoms with Gasteiger partial charge in [0.25, 0.3) is 0 Å². The first-order valence-corrected chi connectivity index (χ1v) is 9.61. The van der Waals surface area contributed by atoms with Crippen molar-refractivity contribution in [2.75, 3.05) is 4.72 Å². The van der Waals surface area contributed by atoms with Gasteiger partial charge in [-0.05, 0) is 36.4 Å². The highest BCUT2D eigenvalue weighted by Gasteiger charge is 2.16. The summed E-state index contributed by atoms with van der Waals surface area (Å²) in [5.41, 5.74) is 2.22. The summed E-state index contributed by atoms with van der Waals surface area (Å²) in [6.07, 6.45) is 0. The zero-order chi connectivity index (χ0) is 21.1. The predicted octanol–water partition coefficient (Wildman–Crippen LogP) is 5.82. The van der Waals surface area contributed by atoms with Crippen LogP contribution in [0.15, 0.2) is 65.7 Å². The van der Waals surface area contributed by atoms with E-state index < -0.39 is 11.6 Å². The van der Waals surface area contributed by atoms with Crippen LogP contribution in [0.2, 0.25) is 0 Å². The molecule has 4 aromatic rings. The van der Waals surface area contributed by atoms with Gasteiger partial charge in [-0.3, -0.25) is 0 Å². The second kappa shape index (κ2) is 8.16. The summed E-state index contributed by atoms with van der Waals surface area (Å²) in [6, 6.07) is 19.7. The lowest BCUT2D eigenvalue weighted by Crippen LogP contribution is -1.91. The van der Waals surface area contributed by atoms with Crippen molar-refractivity contribution >= 4 is 17.8 Å². The Labute approximate surface area is 175 Å². The molecule has 0 saturated carbocycles. The van der Waals surface area contributed by atoms with Gasteiger partial charge in [0.1, 0.15) is 34.6 Å². The Kier molecular flexibility index (Phi) is 5.25. The van der Waals surface area contributed by atoms with Crippen molar-refractivity contribution in [1.82, 2.24) is 9.97 Å². The maximum Gasteiger partial charge on any atom is 0.132 e. The van der Waals surface area contributed by atoms with Gasteiger partial charge in [-0.15, -0.1) is 0 Å². The van der Waals surface area contributed by atoms with E-state index >= 15 is 0 Å². The summed E-state index contributed by atoms with van der Waals surface area (Å²) in [5, 5.41) is 19.3. The SMILES string of the molecule is N#Cc1cc(-c2ccccc2F)[nH]c1NSc1[nH]c(-c2ccccc2F)cc1C#N. The van der Waals surface area contributed by atoms with Crippen LogP contribution in [0.5, 0.6) is 0 Å². The Morgan fingerprint density at radius 3 is 1.87 bits per heavy atom. The van der Waals surface area contributed by atoms with Gasteiger partial charge < -0.3 is 14.7 Å². The fourth-order valence-electron chi connectivity index (χ4n) is 2.97. The number of hydrogen-bond donors (Lipinski definition) is 3. The summed E-state index contributed by atoms with van der Waals surface area (Å²) in [5.74, 6) is -0.446. The second-order valence-electron chi connectivity index (χ2n) is 6.28. The van der Waals surface area contributed by atoms with E-state index in [-0.39, 0.29) is 0 Å². The standard InChI is InChI=1S/C22H13F2N5S/c23-17-7-3-1-5-15(17)19-9-13(11-25)21(27-19)29-30-22-14(12-26)10-20(28-22)16-6-2-4-8-18(16)24/h1-10,27-29H. The number of hydrogen-bond acceptors (Lipinski definition) is 4. The molecule has 0 radical (unpaired) electrons. The number of anilines is 1. The molecule has 4 rings (SSSR count). The van der Waals surface area contributed by atoms with Gasteiger partial charge in [-0.1, -0.05) is 24.3 Å². The molecule has 2 aromatic carbocycles. The lowest BCUT2D eigenvalue weighted by Gasteiger charge is -2.04. The first-order chi connectivity index (χ1) is 14.6. The van der Waals surface area contributed by atoms with Crippen LogP contribution in [0.3, 0.4) is 0 Å². The smallest absolute Gasteiger partial charge is 0.132 e. The topological polar surface area (TPSA) is 91.2 Å². The number of aromatic amines is 2. The van der Waals surface area contributed by atoms with Crippen molar-refractivity contribution < 1.29 is 8.78 Å². The zero-order valence-electron chi connectivity index (χ0n) is 15.3. The molecule has 0 atom stereocenters. The molecule has 0 aliphatic carbocycles. The normalized spacial score (nSPS) is 10.4. The molecular formula is C22H13F2N5S. The molecule has 0 spiro atoms. The molecule has 0 saturated heterocycles. The molecule has 8 heteroatoms. The van der Waals surface area contributed by atoms with Gasteiger partial charge >= 0.3 is 0 Å². The lowest BCUT2D eigenvalue weighted by molar-refractivity contribution is 0.630. The molecule has 30 heavy (non-hydrogen) atoms. The number of H-pyrrole nitrogens is 2. The van der Waals surface area contributed by atoms with Gasteiger partial charge in [0.05, 0.1) is 22.5 Å². The highest BCUT2D eigenvalue weighted by atomic mass is 32.2. The van der Waals surface area contributed by atoms with Crippen LogP contribution in [0, 0.1) is 34.3 Å². The van der Waals surface area contributed by atoms with Crippen LogP contribution in [-0.2, 0) is 0 Å². The fraction of sp³-hybridized carbons (Fsp3) is 0. The molecule has 146 valence electrons. The van der Waals surface area contributed by atoms with Crippen LogP contribution < -0.4 is 4.72 Å². The van der Waals surface area contributed by atoms with E-state index in [1.807, 2.05) is 0 Å². The third-order valence-electron chi connectivity index (χ3n) is 4.42. The highest BCUT2D eigenvalue weighted by molar-refractivity contribution is 8.00. The first-order valence-electron chi connectivity index (χ1n) is 8.79. The summed E-state index contributed by atoms with van der Waals surface area (Å²) in [4.78, 5) is 6.02. The van der Waals surface area contributed by atoms with E-state index in [0.717, 1.165) is 11.9 Å². The van der Waals surface area contributed by atoms with E-state index in [0.29, 0.717) is 44.5 Å². The molecule has 3 N–H and O–H groups in total. The average Bonchev–Trinajstić information content (AvgIpc) is 3.36. The van der Waals surface area contributed by atoms with Crippen LogP contribution in [0.25, 0.3) is 22.5 Å². The number of nitrogens with one attached hydrogen (secondary N) is 3.